The second-order valence-corrected chi connectivity index (χ2v) is 6.19. The van der Waals surface area contributed by atoms with Crippen LogP contribution in [0.1, 0.15) is 52.9 Å². The average molecular weight is 339 g/mol. The lowest BCUT2D eigenvalue weighted by atomic mass is 10.0. The van der Waals surface area contributed by atoms with Crippen molar-refractivity contribution in [3.63, 3.8) is 0 Å². The molecule has 0 radical (unpaired) electrons. The Morgan fingerprint density at radius 3 is 2.40 bits per heavy atom. The lowest BCUT2D eigenvalue weighted by Crippen LogP contribution is -2.32. The van der Waals surface area contributed by atoms with E-state index in [0.717, 1.165) is 29.5 Å². The molecule has 1 amide bonds. The second-order valence-electron chi connectivity index (χ2n) is 6.19. The molecule has 4 nitrogen and oxygen atoms in total. The third kappa shape index (κ3) is 5.45. The van der Waals surface area contributed by atoms with Gasteiger partial charge in [0.1, 0.15) is 0 Å². The number of nitrogens with one attached hydrogen (secondary N) is 1. The van der Waals surface area contributed by atoms with Gasteiger partial charge in [-0.25, -0.2) is 4.79 Å². The van der Waals surface area contributed by atoms with E-state index in [1.54, 1.807) is 12.1 Å². The van der Waals surface area contributed by atoms with Gasteiger partial charge in [-0.15, -0.1) is 0 Å². The molecule has 1 N–H and O–H groups in total. The first-order chi connectivity index (χ1) is 12.0. The third-order valence-corrected chi connectivity index (χ3v) is 4.19. The number of aryl methyl sites for hydroxylation is 2. The molecule has 2 aromatic rings. The molecule has 0 aromatic heterocycles. The van der Waals surface area contributed by atoms with Crippen molar-refractivity contribution in [2.45, 2.75) is 39.7 Å². The van der Waals surface area contributed by atoms with E-state index in [4.69, 9.17) is 4.74 Å². The van der Waals surface area contributed by atoms with Crippen LogP contribution in [-0.2, 0) is 9.53 Å². The molecule has 0 aliphatic rings. The van der Waals surface area contributed by atoms with Crippen LogP contribution in [0.4, 0.5) is 0 Å². The summed E-state index contributed by atoms with van der Waals surface area (Å²) in [5.41, 5.74) is 3.65. The van der Waals surface area contributed by atoms with Crippen LogP contribution in [0, 0.1) is 13.8 Å². The molecule has 25 heavy (non-hydrogen) atoms. The van der Waals surface area contributed by atoms with Crippen LogP contribution in [-0.4, -0.2) is 18.5 Å². The van der Waals surface area contributed by atoms with Crippen molar-refractivity contribution in [2.75, 3.05) is 6.61 Å². The van der Waals surface area contributed by atoms with E-state index in [1.165, 1.54) is 0 Å². The molecule has 132 valence electrons. The van der Waals surface area contributed by atoms with Crippen molar-refractivity contribution in [3.8, 4) is 0 Å². The summed E-state index contributed by atoms with van der Waals surface area (Å²) in [4.78, 5) is 24.3. The number of benzene rings is 2. The van der Waals surface area contributed by atoms with Gasteiger partial charge in [-0.1, -0.05) is 49.7 Å². The quantitative estimate of drug-likeness (QED) is 0.772. The van der Waals surface area contributed by atoms with Crippen LogP contribution < -0.4 is 5.32 Å². The summed E-state index contributed by atoms with van der Waals surface area (Å²) in [7, 11) is 0. The van der Waals surface area contributed by atoms with E-state index in [9.17, 15) is 9.59 Å². The molecular formula is C21H25NO3. The summed E-state index contributed by atoms with van der Waals surface area (Å²) in [6, 6.07) is 15.1. The van der Waals surface area contributed by atoms with Crippen LogP contribution in [0.15, 0.2) is 48.5 Å². The van der Waals surface area contributed by atoms with Gasteiger partial charge in [0.15, 0.2) is 6.61 Å². The highest BCUT2D eigenvalue weighted by atomic mass is 16.5. The Morgan fingerprint density at radius 2 is 1.76 bits per heavy atom. The maximum atomic E-state index is 12.2. The number of rotatable bonds is 7. The largest absolute Gasteiger partial charge is 0.452 e. The fraction of sp³-hybridized carbons (Fsp3) is 0.333. The summed E-state index contributed by atoms with van der Waals surface area (Å²) in [5.74, 6) is -0.774. The number of ether oxygens (including phenoxy) is 1. The van der Waals surface area contributed by atoms with Crippen LogP contribution in [0.25, 0.3) is 0 Å². The van der Waals surface area contributed by atoms with Gasteiger partial charge in [-0.3, -0.25) is 4.79 Å². The first-order valence-electron chi connectivity index (χ1n) is 8.60. The summed E-state index contributed by atoms with van der Waals surface area (Å²) in [6.45, 7) is 5.71. The van der Waals surface area contributed by atoms with Gasteiger partial charge in [-0.2, -0.15) is 0 Å². The van der Waals surface area contributed by atoms with Crippen molar-refractivity contribution >= 4 is 11.9 Å². The second kappa shape index (κ2) is 9.02. The number of carbonyl (C=O) groups excluding carboxylic acids is 2. The van der Waals surface area contributed by atoms with Gasteiger partial charge in [0, 0.05) is 0 Å². The number of carbonyl (C=O) groups is 2. The van der Waals surface area contributed by atoms with E-state index in [2.05, 4.69) is 12.2 Å². The lowest BCUT2D eigenvalue weighted by molar-refractivity contribution is -0.125. The zero-order valence-corrected chi connectivity index (χ0v) is 15.0. The number of hydrogen-bond acceptors (Lipinski definition) is 3. The van der Waals surface area contributed by atoms with Gasteiger partial charge in [0.2, 0.25) is 0 Å². The predicted molar refractivity (Wildman–Crippen MR) is 98.4 cm³/mol. The Balaban J connectivity index is 1.92. The summed E-state index contributed by atoms with van der Waals surface area (Å²) < 4.78 is 5.15. The molecule has 2 rings (SSSR count). The van der Waals surface area contributed by atoms with Crippen molar-refractivity contribution in [3.05, 3.63) is 70.8 Å². The molecule has 0 unspecified atom stereocenters. The summed E-state index contributed by atoms with van der Waals surface area (Å²) >= 11 is 0. The Labute approximate surface area is 149 Å². The van der Waals surface area contributed by atoms with E-state index in [-0.39, 0.29) is 18.6 Å². The molecular weight excluding hydrogens is 314 g/mol. The molecule has 1 atom stereocenters. The fourth-order valence-corrected chi connectivity index (χ4v) is 2.62. The van der Waals surface area contributed by atoms with E-state index in [0.29, 0.717) is 5.56 Å². The lowest BCUT2D eigenvalue weighted by Gasteiger charge is -2.18. The molecule has 0 saturated carbocycles. The molecule has 0 bridgehead atoms. The van der Waals surface area contributed by atoms with Gasteiger partial charge in [0.05, 0.1) is 11.6 Å². The van der Waals surface area contributed by atoms with Crippen LogP contribution in [0.3, 0.4) is 0 Å². The van der Waals surface area contributed by atoms with Crippen LogP contribution >= 0.6 is 0 Å². The van der Waals surface area contributed by atoms with Gasteiger partial charge < -0.3 is 10.1 Å². The van der Waals surface area contributed by atoms with Gasteiger partial charge in [-0.05, 0) is 49.1 Å². The molecule has 0 aliphatic carbocycles. The molecule has 0 saturated heterocycles. The van der Waals surface area contributed by atoms with Crippen LogP contribution in [0.5, 0.6) is 0 Å². The highest BCUT2D eigenvalue weighted by Crippen LogP contribution is 2.18. The van der Waals surface area contributed by atoms with Crippen molar-refractivity contribution in [1.82, 2.24) is 5.32 Å². The zero-order valence-electron chi connectivity index (χ0n) is 15.0. The van der Waals surface area contributed by atoms with Crippen molar-refractivity contribution in [2.24, 2.45) is 0 Å². The van der Waals surface area contributed by atoms with Crippen molar-refractivity contribution < 1.29 is 14.3 Å². The minimum Gasteiger partial charge on any atom is -0.452 e. The Bertz CT molecular complexity index is 725. The smallest absolute Gasteiger partial charge is 0.338 e. The normalized spacial score (nSPS) is 11.6. The molecule has 0 aliphatic heterocycles. The zero-order chi connectivity index (χ0) is 18.2. The minimum atomic E-state index is -0.481. The average Bonchev–Trinajstić information content (AvgIpc) is 2.62. The van der Waals surface area contributed by atoms with Crippen LogP contribution in [0.2, 0.25) is 0 Å². The highest BCUT2D eigenvalue weighted by molar-refractivity contribution is 5.91. The summed E-state index contributed by atoms with van der Waals surface area (Å²) in [6.07, 6.45) is 1.78. The fourth-order valence-electron chi connectivity index (χ4n) is 2.62. The standard InChI is InChI=1S/C21H25NO3/c1-4-8-19(17-9-6-5-7-10-17)22-20(23)14-25-21(24)18-12-11-15(2)16(3)13-18/h5-7,9-13,19H,4,8,14H2,1-3H3,(H,22,23)/t19-/m1/s1. The Morgan fingerprint density at radius 1 is 1.04 bits per heavy atom. The topological polar surface area (TPSA) is 55.4 Å². The van der Waals surface area contributed by atoms with E-state index in [1.807, 2.05) is 50.2 Å². The first kappa shape index (κ1) is 18.7. The number of hydrogen-bond donors (Lipinski definition) is 1. The Hall–Kier alpha value is -2.62. The first-order valence-corrected chi connectivity index (χ1v) is 8.60. The maximum absolute atomic E-state index is 12.2. The SMILES string of the molecule is CCC[C@@H](NC(=O)COC(=O)c1ccc(C)c(C)c1)c1ccccc1. The molecule has 0 fully saturated rings. The van der Waals surface area contributed by atoms with Crippen molar-refractivity contribution in [1.29, 1.82) is 0 Å². The highest BCUT2D eigenvalue weighted by Gasteiger charge is 2.16. The van der Waals surface area contributed by atoms with Gasteiger partial charge in [0.25, 0.3) is 5.91 Å². The van der Waals surface area contributed by atoms with E-state index >= 15 is 0 Å². The molecule has 0 spiro atoms. The van der Waals surface area contributed by atoms with E-state index < -0.39 is 5.97 Å². The monoisotopic (exact) mass is 339 g/mol. The minimum absolute atomic E-state index is 0.0704. The molecule has 0 heterocycles. The predicted octanol–water partition coefficient (Wildman–Crippen LogP) is 4.12. The summed E-state index contributed by atoms with van der Waals surface area (Å²) in [5, 5.41) is 2.95. The maximum Gasteiger partial charge on any atom is 0.338 e. The van der Waals surface area contributed by atoms with Gasteiger partial charge >= 0.3 is 5.97 Å². The molecule has 2 aromatic carbocycles. The Kier molecular flexibility index (Phi) is 6.75. The third-order valence-electron chi connectivity index (χ3n) is 4.19. The number of esters is 1. The number of amides is 1. The molecule has 4 heteroatoms.